The van der Waals surface area contributed by atoms with Gasteiger partial charge in [0.05, 0.1) is 12.0 Å². The Balaban J connectivity index is 1.93. The van der Waals surface area contributed by atoms with Crippen LogP contribution in [0.5, 0.6) is 5.88 Å². The van der Waals surface area contributed by atoms with Gasteiger partial charge >= 0.3 is 0 Å². The van der Waals surface area contributed by atoms with Crippen LogP contribution in [0, 0.1) is 6.92 Å². The summed E-state index contributed by atoms with van der Waals surface area (Å²) in [6.07, 6.45) is 2.25. The second kappa shape index (κ2) is 6.69. The average molecular weight is 306 g/mol. The molecule has 0 amide bonds. The zero-order valence-corrected chi connectivity index (χ0v) is 12.9. The first-order valence-electron chi connectivity index (χ1n) is 6.56. The van der Waals surface area contributed by atoms with Gasteiger partial charge in [-0.2, -0.15) is 0 Å². The summed E-state index contributed by atoms with van der Waals surface area (Å²) in [5.41, 5.74) is 1.97. The summed E-state index contributed by atoms with van der Waals surface area (Å²) in [7, 11) is -1.90. The van der Waals surface area contributed by atoms with Gasteiger partial charge < -0.3 is 4.74 Å². The molecular weight excluding hydrogens is 288 g/mol. The van der Waals surface area contributed by atoms with Gasteiger partial charge in [0, 0.05) is 18.8 Å². The normalized spacial score (nSPS) is 11.3. The van der Waals surface area contributed by atoms with Crippen molar-refractivity contribution in [2.24, 2.45) is 0 Å². The zero-order chi connectivity index (χ0) is 15.3. The molecule has 0 atom stereocenters. The lowest BCUT2D eigenvalue weighted by Crippen LogP contribution is -2.26. The maximum Gasteiger partial charge on any atom is 0.240 e. The monoisotopic (exact) mass is 306 g/mol. The van der Waals surface area contributed by atoms with E-state index >= 15 is 0 Å². The number of nitrogens with one attached hydrogen (secondary N) is 1. The number of benzene rings is 1. The SMILES string of the molecule is COc1ccc(CCNS(=O)(=O)c2ccc(C)cc2)cn1. The first kappa shape index (κ1) is 15.5. The Kier molecular flexibility index (Phi) is 4.93. The van der Waals surface area contributed by atoms with E-state index in [4.69, 9.17) is 4.74 Å². The van der Waals surface area contributed by atoms with E-state index in [0.29, 0.717) is 18.8 Å². The summed E-state index contributed by atoms with van der Waals surface area (Å²) in [6, 6.07) is 10.4. The van der Waals surface area contributed by atoms with Crippen LogP contribution in [-0.4, -0.2) is 27.1 Å². The highest BCUT2D eigenvalue weighted by Crippen LogP contribution is 2.10. The number of aromatic nitrogens is 1. The number of nitrogens with zero attached hydrogens (tertiary/aromatic N) is 1. The fourth-order valence-corrected chi connectivity index (χ4v) is 2.84. The van der Waals surface area contributed by atoms with Crippen LogP contribution in [0.25, 0.3) is 0 Å². The number of hydrogen-bond acceptors (Lipinski definition) is 4. The first-order valence-corrected chi connectivity index (χ1v) is 8.05. The maximum absolute atomic E-state index is 12.1. The van der Waals surface area contributed by atoms with Crippen molar-refractivity contribution in [1.82, 2.24) is 9.71 Å². The van der Waals surface area contributed by atoms with Crippen LogP contribution in [0.3, 0.4) is 0 Å². The van der Waals surface area contributed by atoms with Gasteiger partial charge in [-0.25, -0.2) is 18.1 Å². The summed E-state index contributed by atoms with van der Waals surface area (Å²) < 4.78 is 31.7. The Morgan fingerprint density at radius 2 is 1.86 bits per heavy atom. The van der Waals surface area contributed by atoms with E-state index in [9.17, 15) is 8.42 Å². The smallest absolute Gasteiger partial charge is 0.240 e. The molecule has 6 heteroatoms. The standard InChI is InChI=1S/C15H18N2O3S/c1-12-3-6-14(7-4-12)21(18,19)17-10-9-13-5-8-15(20-2)16-11-13/h3-8,11,17H,9-10H2,1-2H3. The largest absolute Gasteiger partial charge is 0.481 e. The lowest BCUT2D eigenvalue weighted by Gasteiger charge is -2.07. The number of hydrogen-bond donors (Lipinski definition) is 1. The van der Waals surface area contributed by atoms with E-state index in [1.165, 1.54) is 0 Å². The predicted octanol–water partition coefficient (Wildman–Crippen LogP) is 1.92. The van der Waals surface area contributed by atoms with Gasteiger partial charge in [0.2, 0.25) is 15.9 Å². The lowest BCUT2D eigenvalue weighted by molar-refractivity contribution is 0.397. The predicted molar refractivity (Wildman–Crippen MR) is 80.9 cm³/mol. The molecule has 0 saturated heterocycles. The van der Waals surface area contributed by atoms with E-state index in [1.807, 2.05) is 13.0 Å². The highest BCUT2D eigenvalue weighted by molar-refractivity contribution is 7.89. The van der Waals surface area contributed by atoms with Crippen LogP contribution in [0.2, 0.25) is 0 Å². The molecule has 1 N–H and O–H groups in total. The molecular formula is C15H18N2O3S. The molecule has 0 bridgehead atoms. The van der Waals surface area contributed by atoms with Gasteiger partial charge in [0.1, 0.15) is 0 Å². The minimum absolute atomic E-state index is 0.279. The molecule has 112 valence electrons. The van der Waals surface area contributed by atoms with Crippen LogP contribution in [0.1, 0.15) is 11.1 Å². The van der Waals surface area contributed by atoms with Crippen LogP contribution in [-0.2, 0) is 16.4 Å². The van der Waals surface area contributed by atoms with E-state index in [1.54, 1.807) is 43.6 Å². The van der Waals surface area contributed by atoms with E-state index in [-0.39, 0.29) is 4.90 Å². The molecule has 2 aromatic rings. The van der Waals surface area contributed by atoms with E-state index in [0.717, 1.165) is 11.1 Å². The molecule has 0 unspecified atom stereocenters. The zero-order valence-electron chi connectivity index (χ0n) is 12.0. The van der Waals surface area contributed by atoms with Crippen molar-refractivity contribution >= 4 is 10.0 Å². The second-order valence-corrected chi connectivity index (χ2v) is 6.44. The fourth-order valence-electron chi connectivity index (χ4n) is 1.81. The summed E-state index contributed by atoms with van der Waals surface area (Å²) in [4.78, 5) is 4.36. The van der Waals surface area contributed by atoms with Gasteiger partial charge in [-0.15, -0.1) is 0 Å². The number of ether oxygens (including phenoxy) is 1. The summed E-state index contributed by atoms with van der Waals surface area (Å²) in [5.74, 6) is 0.541. The van der Waals surface area contributed by atoms with Gasteiger partial charge in [0.15, 0.2) is 0 Å². The second-order valence-electron chi connectivity index (χ2n) is 4.67. The van der Waals surface area contributed by atoms with Crippen molar-refractivity contribution in [3.8, 4) is 5.88 Å². The van der Waals surface area contributed by atoms with Crippen molar-refractivity contribution in [3.63, 3.8) is 0 Å². The molecule has 2 rings (SSSR count). The highest BCUT2D eigenvalue weighted by Gasteiger charge is 2.12. The van der Waals surface area contributed by atoms with Gasteiger partial charge in [0.25, 0.3) is 0 Å². The number of rotatable bonds is 6. The van der Waals surface area contributed by atoms with Gasteiger partial charge in [-0.3, -0.25) is 0 Å². The minimum Gasteiger partial charge on any atom is -0.481 e. The van der Waals surface area contributed by atoms with Gasteiger partial charge in [-0.05, 0) is 31.0 Å². The van der Waals surface area contributed by atoms with Crippen molar-refractivity contribution in [3.05, 3.63) is 53.7 Å². The van der Waals surface area contributed by atoms with Crippen LogP contribution < -0.4 is 9.46 Å². The molecule has 1 heterocycles. The molecule has 0 saturated carbocycles. The lowest BCUT2D eigenvalue weighted by atomic mass is 10.2. The van der Waals surface area contributed by atoms with Crippen molar-refractivity contribution < 1.29 is 13.2 Å². The Morgan fingerprint density at radius 3 is 2.43 bits per heavy atom. The number of aryl methyl sites for hydroxylation is 1. The topological polar surface area (TPSA) is 68.3 Å². The third kappa shape index (κ3) is 4.27. The Morgan fingerprint density at radius 1 is 1.14 bits per heavy atom. The van der Waals surface area contributed by atoms with Crippen molar-refractivity contribution in [2.45, 2.75) is 18.2 Å². The third-order valence-electron chi connectivity index (χ3n) is 3.04. The summed E-state index contributed by atoms with van der Waals surface area (Å²) in [5, 5.41) is 0. The van der Waals surface area contributed by atoms with E-state index in [2.05, 4.69) is 9.71 Å². The fraction of sp³-hybridized carbons (Fsp3) is 0.267. The van der Waals surface area contributed by atoms with Gasteiger partial charge in [-0.1, -0.05) is 23.8 Å². The Bertz CT molecular complexity index is 680. The number of pyridine rings is 1. The van der Waals surface area contributed by atoms with Crippen molar-refractivity contribution in [2.75, 3.05) is 13.7 Å². The molecule has 21 heavy (non-hydrogen) atoms. The molecule has 0 aliphatic rings. The van der Waals surface area contributed by atoms with Crippen LogP contribution in [0.15, 0.2) is 47.5 Å². The minimum atomic E-state index is -3.46. The molecule has 0 aliphatic heterocycles. The summed E-state index contributed by atoms with van der Waals surface area (Å²) in [6.45, 7) is 2.24. The molecule has 1 aromatic heterocycles. The van der Waals surface area contributed by atoms with Crippen LogP contribution in [0.4, 0.5) is 0 Å². The Hall–Kier alpha value is -1.92. The molecule has 0 radical (unpaired) electrons. The molecule has 0 aliphatic carbocycles. The molecule has 0 spiro atoms. The third-order valence-corrected chi connectivity index (χ3v) is 4.52. The first-order chi connectivity index (χ1) is 10.0. The molecule has 5 nitrogen and oxygen atoms in total. The quantitative estimate of drug-likeness (QED) is 0.885. The maximum atomic E-state index is 12.1. The summed E-state index contributed by atoms with van der Waals surface area (Å²) >= 11 is 0. The molecule has 1 aromatic carbocycles. The number of methoxy groups -OCH3 is 1. The number of sulfonamides is 1. The average Bonchev–Trinajstić information content (AvgIpc) is 2.48. The highest BCUT2D eigenvalue weighted by atomic mass is 32.2. The van der Waals surface area contributed by atoms with Crippen molar-refractivity contribution in [1.29, 1.82) is 0 Å². The van der Waals surface area contributed by atoms with E-state index < -0.39 is 10.0 Å². The Labute approximate surface area is 125 Å². The van der Waals surface area contributed by atoms with Crippen LogP contribution >= 0.6 is 0 Å². The molecule has 0 fully saturated rings.